The van der Waals surface area contributed by atoms with Crippen molar-refractivity contribution >= 4 is 27.6 Å². The zero-order chi connectivity index (χ0) is 21.2. The standard InChI is InChI=1S/C25H21F2N3/c1-5-16-6-7-17-20(28-16)12-23(24-14(3)8-13(2)9-15(24)4)30-22-11-19(27)18(26)10-21(22)29-25(17)30/h6-12H,5H2,1-4H3. The second-order valence-electron chi connectivity index (χ2n) is 7.92. The van der Waals surface area contributed by atoms with Gasteiger partial charge in [0, 0.05) is 28.8 Å². The number of aryl methyl sites for hydroxylation is 4. The Bertz CT molecular complexity index is 1460. The molecule has 3 aromatic heterocycles. The fourth-order valence-electron chi connectivity index (χ4n) is 4.47. The first kappa shape index (κ1) is 18.7. The normalized spacial score (nSPS) is 11.8. The molecule has 0 spiro atoms. The molecule has 5 heteroatoms. The van der Waals surface area contributed by atoms with E-state index >= 15 is 0 Å². The Balaban J connectivity index is 2.03. The van der Waals surface area contributed by atoms with E-state index in [1.807, 2.05) is 22.6 Å². The first-order chi connectivity index (χ1) is 14.4. The van der Waals surface area contributed by atoms with Gasteiger partial charge in [-0.3, -0.25) is 9.38 Å². The van der Waals surface area contributed by atoms with Crippen LogP contribution in [0.1, 0.15) is 29.3 Å². The summed E-state index contributed by atoms with van der Waals surface area (Å²) in [7, 11) is 0. The van der Waals surface area contributed by atoms with Gasteiger partial charge in [0.05, 0.1) is 22.2 Å². The van der Waals surface area contributed by atoms with Crippen molar-refractivity contribution in [3.05, 3.63) is 76.5 Å². The van der Waals surface area contributed by atoms with E-state index in [0.717, 1.165) is 51.5 Å². The van der Waals surface area contributed by atoms with Crippen molar-refractivity contribution in [1.82, 2.24) is 14.4 Å². The van der Waals surface area contributed by atoms with Crippen molar-refractivity contribution in [3.63, 3.8) is 0 Å². The van der Waals surface area contributed by atoms with Crippen LogP contribution in [0, 0.1) is 32.4 Å². The maximum Gasteiger partial charge on any atom is 0.161 e. The van der Waals surface area contributed by atoms with Gasteiger partial charge in [0.1, 0.15) is 5.65 Å². The van der Waals surface area contributed by atoms with E-state index in [1.165, 1.54) is 11.6 Å². The fourth-order valence-corrected chi connectivity index (χ4v) is 4.47. The molecule has 0 aliphatic heterocycles. The number of benzene rings is 2. The molecule has 0 radical (unpaired) electrons. The van der Waals surface area contributed by atoms with Crippen LogP contribution in [0.3, 0.4) is 0 Å². The van der Waals surface area contributed by atoms with Gasteiger partial charge in [-0.15, -0.1) is 0 Å². The molecule has 30 heavy (non-hydrogen) atoms. The molecule has 0 saturated heterocycles. The van der Waals surface area contributed by atoms with Crippen LogP contribution in [-0.4, -0.2) is 14.4 Å². The van der Waals surface area contributed by atoms with Crippen LogP contribution in [0.25, 0.3) is 38.8 Å². The van der Waals surface area contributed by atoms with Gasteiger partial charge >= 0.3 is 0 Å². The molecule has 0 bridgehead atoms. The quantitative estimate of drug-likeness (QED) is 0.339. The zero-order valence-corrected chi connectivity index (χ0v) is 17.3. The molecule has 150 valence electrons. The van der Waals surface area contributed by atoms with Crippen LogP contribution in [0.5, 0.6) is 0 Å². The Labute approximate surface area is 173 Å². The number of halogens is 2. The predicted molar refractivity (Wildman–Crippen MR) is 117 cm³/mol. The van der Waals surface area contributed by atoms with Crippen LogP contribution < -0.4 is 0 Å². The summed E-state index contributed by atoms with van der Waals surface area (Å²) in [6.45, 7) is 8.28. The summed E-state index contributed by atoms with van der Waals surface area (Å²) in [6, 6.07) is 12.7. The van der Waals surface area contributed by atoms with Gasteiger partial charge in [-0.05, 0) is 56.5 Å². The highest BCUT2D eigenvalue weighted by atomic mass is 19.2. The van der Waals surface area contributed by atoms with Gasteiger partial charge in [0.15, 0.2) is 11.6 Å². The van der Waals surface area contributed by atoms with E-state index in [9.17, 15) is 8.78 Å². The van der Waals surface area contributed by atoms with E-state index in [0.29, 0.717) is 16.7 Å². The summed E-state index contributed by atoms with van der Waals surface area (Å²) in [5.74, 6) is -1.78. The highest BCUT2D eigenvalue weighted by Crippen LogP contribution is 2.35. The third-order valence-electron chi connectivity index (χ3n) is 5.73. The molecular formula is C25H21F2N3. The topological polar surface area (TPSA) is 30.2 Å². The van der Waals surface area contributed by atoms with Crippen LogP contribution in [0.2, 0.25) is 0 Å². The predicted octanol–water partition coefficient (Wildman–Crippen LogP) is 6.47. The number of hydrogen-bond donors (Lipinski definition) is 0. The number of hydrogen-bond acceptors (Lipinski definition) is 2. The molecule has 0 fully saturated rings. The van der Waals surface area contributed by atoms with Crippen molar-refractivity contribution in [2.45, 2.75) is 34.1 Å². The van der Waals surface area contributed by atoms with E-state index in [1.54, 1.807) is 0 Å². The summed E-state index contributed by atoms with van der Waals surface area (Å²) in [6.07, 6.45) is 0.825. The second-order valence-corrected chi connectivity index (χ2v) is 7.92. The molecule has 0 amide bonds. The van der Waals surface area contributed by atoms with E-state index in [4.69, 9.17) is 4.98 Å². The minimum atomic E-state index is -0.897. The van der Waals surface area contributed by atoms with Crippen molar-refractivity contribution in [2.24, 2.45) is 0 Å². The lowest BCUT2D eigenvalue weighted by Crippen LogP contribution is -2.00. The third kappa shape index (κ3) is 2.69. The summed E-state index contributed by atoms with van der Waals surface area (Å²) < 4.78 is 30.1. The molecule has 0 aliphatic rings. The number of rotatable bonds is 2. The van der Waals surface area contributed by atoms with Gasteiger partial charge in [-0.1, -0.05) is 24.6 Å². The van der Waals surface area contributed by atoms with Crippen LogP contribution >= 0.6 is 0 Å². The summed E-state index contributed by atoms with van der Waals surface area (Å²) >= 11 is 0. The lowest BCUT2D eigenvalue weighted by molar-refractivity contribution is 0.510. The third-order valence-corrected chi connectivity index (χ3v) is 5.73. The lowest BCUT2D eigenvalue weighted by atomic mass is 9.96. The van der Waals surface area contributed by atoms with Crippen molar-refractivity contribution in [2.75, 3.05) is 0 Å². The van der Waals surface area contributed by atoms with Gasteiger partial charge in [-0.2, -0.15) is 0 Å². The first-order valence-corrected chi connectivity index (χ1v) is 10.1. The van der Waals surface area contributed by atoms with Crippen LogP contribution in [0.15, 0.2) is 42.5 Å². The van der Waals surface area contributed by atoms with E-state index < -0.39 is 11.6 Å². The van der Waals surface area contributed by atoms with E-state index in [2.05, 4.69) is 44.8 Å². The monoisotopic (exact) mass is 401 g/mol. The van der Waals surface area contributed by atoms with Gasteiger partial charge < -0.3 is 0 Å². The molecular weight excluding hydrogens is 380 g/mol. The molecule has 0 unspecified atom stereocenters. The van der Waals surface area contributed by atoms with E-state index in [-0.39, 0.29) is 0 Å². The molecule has 5 aromatic rings. The van der Waals surface area contributed by atoms with Gasteiger partial charge in [-0.25, -0.2) is 13.8 Å². The average molecular weight is 401 g/mol. The second kappa shape index (κ2) is 6.59. The molecule has 3 nitrogen and oxygen atoms in total. The number of aromatic nitrogens is 3. The number of pyridine rings is 2. The number of imidazole rings is 1. The van der Waals surface area contributed by atoms with Crippen molar-refractivity contribution < 1.29 is 8.78 Å². The minimum absolute atomic E-state index is 0.421. The number of nitrogens with zero attached hydrogens (tertiary/aromatic N) is 3. The Morgan fingerprint density at radius 2 is 1.53 bits per heavy atom. The zero-order valence-electron chi connectivity index (χ0n) is 17.3. The largest absolute Gasteiger partial charge is 0.291 e. The Kier molecular flexibility index (Phi) is 4.10. The molecule has 0 aliphatic carbocycles. The Morgan fingerprint density at radius 3 is 2.23 bits per heavy atom. The maximum absolute atomic E-state index is 14.2. The molecule has 5 rings (SSSR count). The minimum Gasteiger partial charge on any atom is -0.291 e. The van der Waals surface area contributed by atoms with Crippen LogP contribution in [0.4, 0.5) is 8.78 Å². The smallest absolute Gasteiger partial charge is 0.161 e. The Morgan fingerprint density at radius 1 is 0.833 bits per heavy atom. The van der Waals surface area contributed by atoms with Crippen molar-refractivity contribution in [3.8, 4) is 11.3 Å². The molecule has 0 atom stereocenters. The SMILES string of the molecule is CCc1ccc2c(cc(-c3c(C)cc(C)cc3C)n3c4cc(F)c(F)cc4nc23)n1. The molecule has 0 saturated carbocycles. The summed E-state index contributed by atoms with van der Waals surface area (Å²) in [4.78, 5) is 9.49. The van der Waals surface area contributed by atoms with Crippen molar-refractivity contribution in [1.29, 1.82) is 0 Å². The van der Waals surface area contributed by atoms with Gasteiger partial charge in [0.25, 0.3) is 0 Å². The highest BCUT2D eigenvalue weighted by Gasteiger charge is 2.19. The highest BCUT2D eigenvalue weighted by molar-refractivity contribution is 6.00. The summed E-state index contributed by atoms with van der Waals surface area (Å²) in [5, 5.41) is 0.857. The first-order valence-electron chi connectivity index (χ1n) is 10.1. The van der Waals surface area contributed by atoms with Gasteiger partial charge in [0.2, 0.25) is 0 Å². The summed E-state index contributed by atoms with van der Waals surface area (Å²) in [5.41, 5.74) is 8.77. The molecule has 3 heterocycles. The average Bonchev–Trinajstić information content (AvgIpc) is 3.05. The van der Waals surface area contributed by atoms with Crippen LogP contribution in [-0.2, 0) is 6.42 Å². The fraction of sp³-hybridized carbons (Fsp3) is 0.200. The lowest BCUT2D eigenvalue weighted by Gasteiger charge is -2.16. The Hall–Kier alpha value is -3.34. The number of fused-ring (bicyclic) bond motifs is 5. The maximum atomic E-state index is 14.2. The molecule has 2 aromatic carbocycles. The molecule has 0 N–H and O–H groups in total.